The predicted octanol–water partition coefficient (Wildman–Crippen LogP) is 2.71. The van der Waals surface area contributed by atoms with Crippen molar-refractivity contribution < 1.29 is 19.0 Å². The lowest BCUT2D eigenvalue weighted by Crippen LogP contribution is -2.48. The number of phenolic OH excluding ortho intramolecular Hbond substituents is 1. The molecule has 0 aromatic heterocycles. The van der Waals surface area contributed by atoms with E-state index in [1.807, 2.05) is 31.1 Å². The van der Waals surface area contributed by atoms with Crippen molar-refractivity contribution in [2.24, 2.45) is 0 Å². The van der Waals surface area contributed by atoms with Gasteiger partial charge in [0.2, 0.25) is 5.91 Å². The van der Waals surface area contributed by atoms with Gasteiger partial charge < -0.3 is 25.4 Å². The molecule has 0 spiro atoms. The number of amides is 1. The molecule has 29 heavy (non-hydrogen) atoms. The van der Waals surface area contributed by atoms with Crippen LogP contribution in [-0.4, -0.2) is 43.2 Å². The molecule has 1 aliphatic rings. The summed E-state index contributed by atoms with van der Waals surface area (Å²) in [6.07, 6.45) is 0.997. The van der Waals surface area contributed by atoms with Crippen molar-refractivity contribution in [3.63, 3.8) is 0 Å². The number of nitrogens with one attached hydrogen (secondary N) is 2. The van der Waals surface area contributed by atoms with Crippen molar-refractivity contribution in [1.82, 2.24) is 15.5 Å². The van der Waals surface area contributed by atoms with E-state index in [1.54, 1.807) is 18.2 Å². The third kappa shape index (κ3) is 5.25. The molecule has 1 saturated heterocycles. The van der Waals surface area contributed by atoms with Crippen LogP contribution in [0.4, 0.5) is 4.39 Å². The van der Waals surface area contributed by atoms with Crippen LogP contribution in [0.5, 0.6) is 11.5 Å². The minimum atomic E-state index is -0.482. The molecule has 3 N–H and O–H groups in total. The Morgan fingerprint density at radius 3 is 2.79 bits per heavy atom. The molecule has 6 nitrogen and oxygen atoms in total. The SMILES string of the molecule is COc1ccc(F)c([C@@H]2NC(=O)CC[C@H]2NCc2ccc(O)c(CN(C)C)c2)c1. The van der Waals surface area contributed by atoms with Crippen LogP contribution in [0.2, 0.25) is 0 Å². The van der Waals surface area contributed by atoms with E-state index in [0.717, 1.165) is 11.1 Å². The zero-order valence-electron chi connectivity index (χ0n) is 17.0. The Labute approximate surface area is 170 Å². The van der Waals surface area contributed by atoms with Gasteiger partial charge in [-0.2, -0.15) is 0 Å². The molecule has 3 rings (SSSR count). The van der Waals surface area contributed by atoms with Crippen LogP contribution in [0.1, 0.15) is 35.6 Å². The highest BCUT2D eigenvalue weighted by atomic mass is 19.1. The Kier molecular flexibility index (Phi) is 6.71. The summed E-state index contributed by atoms with van der Waals surface area (Å²) in [5, 5.41) is 16.4. The Bertz CT molecular complexity index is 872. The maximum absolute atomic E-state index is 14.5. The summed E-state index contributed by atoms with van der Waals surface area (Å²) >= 11 is 0. The van der Waals surface area contributed by atoms with Gasteiger partial charge in [-0.25, -0.2) is 4.39 Å². The first kappa shape index (κ1) is 21.1. The third-order valence-corrected chi connectivity index (χ3v) is 5.14. The van der Waals surface area contributed by atoms with Gasteiger partial charge in [0, 0.05) is 36.7 Å². The number of benzene rings is 2. The fraction of sp³-hybridized carbons (Fsp3) is 0.409. The highest BCUT2D eigenvalue weighted by molar-refractivity contribution is 5.77. The minimum Gasteiger partial charge on any atom is -0.508 e. The monoisotopic (exact) mass is 401 g/mol. The van der Waals surface area contributed by atoms with Gasteiger partial charge in [-0.1, -0.05) is 6.07 Å². The maximum Gasteiger partial charge on any atom is 0.220 e. The normalized spacial score (nSPS) is 19.3. The molecule has 2 aromatic carbocycles. The Morgan fingerprint density at radius 2 is 2.07 bits per heavy atom. The number of halogens is 1. The van der Waals surface area contributed by atoms with E-state index in [9.17, 15) is 14.3 Å². The smallest absolute Gasteiger partial charge is 0.220 e. The van der Waals surface area contributed by atoms with Crippen LogP contribution in [-0.2, 0) is 17.9 Å². The molecule has 7 heteroatoms. The summed E-state index contributed by atoms with van der Waals surface area (Å²) < 4.78 is 19.7. The topological polar surface area (TPSA) is 73.8 Å². The lowest BCUT2D eigenvalue weighted by molar-refractivity contribution is -0.123. The van der Waals surface area contributed by atoms with E-state index in [1.165, 1.54) is 13.2 Å². The van der Waals surface area contributed by atoms with E-state index in [0.29, 0.717) is 37.2 Å². The number of aromatic hydroxyl groups is 1. The van der Waals surface area contributed by atoms with Gasteiger partial charge >= 0.3 is 0 Å². The number of hydrogen-bond donors (Lipinski definition) is 3. The molecule has 0 radical (unpaired) electrons. The van der Waals surface area contributed by atoms with E-state index < -0.39 is 6.04 Å². The molecule has 0 aliphatic carbocycles. The first-order valence-electron chi connectivity index (χ1n) is 9.69. The molecular weight excluding hydrogens is 373 g/mol. The molecular formula is C22H28FN3O3. The Hall–Kier alpha value is -2.64. The van der Waals surface area contributed by atoms with Crippen LogP contribution in [0, 0.1) is 5.82 Å². The van der Waals surface area contributed by atoms with Gasteiger partial charge in [0.1, 0.15) is 17.3 Å². The summed E-state index contributed by atoms with van der Waals surface area (Å²) in [4.78, 5) is 14.0. The number of carbonyl (C=O) groups is 1. The molecule has 1 aliphatic heterocycles. The van der Waals surface area contributed by atoms with Crippen molar-refractivity contribution in [1.29, 1.82) is 0 Å². The number of nitrogens with zero attached hydrogens (tertiary/aromatic N) is 1. The number of hydrogen-bond acceptors (Lipinski definition) is 5. The van der Waals surface area contributed by atoms with Gasteiger partial charge in [-0.15, -0.1) is 0 Å². The second-order valence-corrected chi connectivity index (χ2v) is 7.66. The van der Waals surface area contributed by atoms with E-state index in [-0.39, 0.29) is 23.5 Å². The molecule has 156 valence electrons. The van der Waals surface area contributed by atoms with Crippen LogP contribution < -0.4 is 15.4 Å². The zero-order chi connectivity index (χ0) is 21.0. The molecule has 1 amide bonds. The minimum absolute atomic E-state index is 0.0897. The number of methoxy groups -OCH3 is 1. The number of rotatable bonds is 7. The highest BCUT2D eigenvalue weighted by Gasteiger charge is 2.31. The highest BCUT2D eigenvalue weighted by Crippen LogP contribution is 2.29. The second kappa shape index (κ2) is 9.24. The summed E-state index contributed by atoms with van der Waals surface area (Å²) in [5.41, 5.74) is 2.27. The van der Waals surface area contributed by atoms with Gasteiger partial charge in [-0.05, 0) is 56.4 Å². The van der Waals surface area contributed by atoms with Crippen molar-refractivity contribution in [2.45, 2.75) is 38.0 Å². The molecule has 0 saturated carbocycles. The standard InChI is InChI=1S/C22H28FN3O3/c1-26(2)13-15-10-14(4-8-20(15)27)12-24-19-7-9-21(28)25-22(19)17-11-16(29-3)5-6-18(17)23/h4-6,8,10-11,19,22,24,27H,7,9,12-13H2,1-3H3,(H,25,28)/t19-,22+/m1/s1. The lowest BCUT2D eigenvalue weighted by atomic mass is 9.91. The first-order chi connectivity index (χ1) is 13.9. The number of ether oxygens (including phenoxy) is 1. The van der Waals surface area contributed by atoms with Gasteiger partial charge in [-0.3, -0.25) is 4.79 Å². The average molecular weight is 401 g/mol. The van der Waals surface area contributed by atoms with Crippen LogP contribution in [0.15, 0.2) is 36.4 Å². The summed E-state index contributed by atoms with van der Waals surface area (Å²) in [5.74, 6) is 0.353. The van der Waals surface area contributed by atoms with Gasteiger partial charge in [0.25, 0.3) is 0 Å². The molecule has 0 unspecified atom stereocenters. The van der Waals surface area contributed by atoms with Crippen molar-refractivity contribution in [3.05, 3.63) is 58.9 Å². The fourth-order valence-corrected chi connectivity index (χ4v) is 3.67. The van der Waals surface area contributed by atoms with E-state index in [4.69, 9.17) is 4.74 Å². The number of carbonyl (C=O) groups excluding carboxylic acids is 1. The number of piperidine rings is 1. The van der Waals surface area contributed by atoms with Gasteiger partial charge in [0.05, 0.1) is 13.2 Å². The third-order valence-electron chi connectivity index (χ3n) is 5.14. The summed E-state index contributed by atoms with van der Waals surface area (Å²) in [6.45, 7) is 1.18. The van der Waals surface area contributed by atoms with E-state index >= 15 is 0 Å². The quantitative estimate of drug-likeness (QED) is 0.665. The lowest BCUT2D eigenvalue weighted by Gasteiger charge is -2.33. The maximum atomic E-state index is 14.5. The van der Waals surface area contributed by atoms with Gasteiger partial charge in [0.15, 0.2) is 0 Å². The largest absolute Gasteiger partial charge is 0.508 e. The summed E-state index contributed by atoms with van der Waals surface area (Å²) in [7, 11) is 5.42. The average Bonchev–Trinajstić information content (AvgIpc) is 2.69. The van der Waals surface area contributed by atoms with Crippen LogP contribution >= 0.6 is 0 Å². The Balaban J connectivity index is 1.77. The van der Waals surface area contributed by atoms with Crippen LogP contribution in [0.25, 0.3) is 0 Å². The van der Waals surface area contributed by atoms with Crippen molar-refractivity contribution in [3.8, 4) is 11.5 Å². The van der Waals surface area contributed by atoms with Crippen molar-refractivity contribution in [2.75, 3.05) is 21.2 Å². The number of phenols is 1. The molecule has 0 bridgehead atoms. The van der Waals surface area contributed by atoms with E-state index in [2.05, 4.69) is 10.6 Å². The Morgan fingerprint density at radius 1 is 1.28 bits per heavy atom. The zero-order valence-corrected chi connectivity index (χ0v) is 17.0. The predicted molar refractivity (Wildman–Crippen MR) is 109 cm³/mol. The molecule has 1 heterocycles. The van der Waals surface area contributed by atoms with Crippen LogP contribution in [0.3, 0.4) is 0 Å². The van der Waals surface area contributed by atoms with Crippen molar-refractivity contribution >= 4 is 5.91 Å². The molecule has 1 fully saturated rings. The summed E-state index contributed by atoms with van der Waals surface area (Å²) in [6, 6.07) is 9.47. The first-order valence-corrected chi connectivity index (χ1v) is 9.69. The molecule has 2 atom stereocenters. The molecule has 2 aromatic rings. The second-order valence-electron chi connectivity index (χ2n) is 7.66. The fourth-order valence-electron chi connectivity index (χ4n) is 3.67.